The van der Waals surface area contributed by atoms with Crippen LogP contribution in [0, 0.1) is 10.1 Å². The molecular weight excluding hydrogens is 457 g/mol. The summed E-state index contributed by atoms with van der Waals surface area (Å²) in [6.07, 6.45) is -4.56. The Hall–Kier alpha value is -3.18. The van der Waals surface area contributed by atoms with Gasteiger partial charge in [-0.05, 0) is 30.3 Å². The summed E-state index contributed by atoms with van der Waals surface area (Å²) in [5.74, 6) is -0.715. The topological polar surface area (TPSA) is 98.0 Å². The number of nitro benzene ring substituents is 1. The number of hydrogen-bond acceptors (Lipinski definition) is 6. The molecule has 0 bridgehead atoms. The molecule has 1 amide bonds. The van der Waals surface area contributed by atoms with E-state index in [1.165, 1.54) is 18.2 Å². The first-order valence-electron chi connectivity index (χ1n) is 8.51. The third-order valence-electron chi connectivity index (χ3n) is 3.91. The van der Waals surface area contributed by atoms with Gasteiger partial charge in [0.25, 0.3) is 5.69 Å². The SMILES string of the molecule is O=C(CSc1ccc(-c2cccc([N+](=O)[O-])c2)nn1)Nc1cc(C(F)(F)F)ccc1Cl. The van der Waals surface area contributed by atoms with E-state index in [1.807, 2.05) is 0 Å². The van der Waals surface area contributed by atoms with Crippen molar-refractivity contribution in [2.45, 2.75) is 11.2 Å². The highest BCUT2D eigenvalue weighted by atomic mass is 35.5. The number of hydrogen-bond donors (Lipinski definition) is 1. The first kappa shape index (κ1) is 22.5. The highest BCUT2D eigenvalue weighted by Crippen LogP contribution is 2.34. The monoisotopic (exact) mass is 468 g/mol. The second-order valence-electron chi connectivity index (χ2n) is 6.09. The van der Waals surface area contributed by atoms with Gasteiger partial charge in [0, 0.05) is 17.7 Å². The Morgan fingerprint density at radius 3 is 2.55 bits per heavy atom. The second-order valence-corrected chi connectivity index (χ2v) is 7.50. The molecule has 3 aromatic rings. The van der Waals surface area contributed by atoms with Crippen molar-refractivity contribution in [2.24, 2.45) is 0 Å². The van der Waals surface area contributed by atoms with Crippen LogP contribution >= 0.6 is 23.4 Å². The number of thioether (sulfide) groups is 1. The molecule has 1 aromatic heterocycles. The molecule has 31 heavy (non-hydrogen) atoms. The molecule has 0 aliphatic carbocycles. The molecule has 2 aromatic carbocycles. The number of alkyl halides is 3. The molecule has 1 heterocycles. The lowest BCUT2D eigenvalue weighted by Crippen LogP contribution is -2.15. The first-order chi connectivity index (χ1) is 14.6. The van der Waals surface area contributed by atoms with Crippen LogP contribution in [-0.4, -0.2) is 26.8 Å². The van der Waals surface area contributed by atoms with E-state index >= 15 is 0 Å². The zero-order valence-corrected chi connectivity index (χ0v) is 17.0. The van der Waals surface area contributed by atoms with Gasteiger partial charge in [-0.3, -0.25) is 14.9 Å². The normalized spacial score (nSPS) is 11.2. The van der Waals surface area contributed by atoms with E-state index in [0.717, 1.165) is 30.0 Å². The maximum Gasteiger partial charge on any atom is 0.416 e. The number of nitrogens with zero attached hydrogens (tertiary/aromatic N) is 3. The lowest BCUT2D eigenvalue weighted by molar-refractivity contribution is -0.384. The molecule has 160 valence electrons. The number of carbonyl (C=O) groups is 1. The van der Waals surface area contributed by atoms with Crippen molar-refractivity contribution in [1.82, 2.24) is 10.2 Å². The number of anilines is 1. The first-order valence-corrected chi connectivity index (χ1v) is 9.88. The Bertz CT molecular complexity index is 1130. The predicted octanol–water partition coefficient (Wildman–Crippen LogP) is 5.45. The Morgan fingerprint density at radius 1 is 1.13 bits per heavy atom. The van der Waals surface area contributed by atoms with Gasteiger partial charge in [0.2, 0.25) is 5.91 Å². The molecule has 0 aliphatic rings. The van der Waals surface area contributed by atoms with Crippen molar-refractivity contribution in [3.63, 3.8) is 0 Å². The van der Waals surface area contributed by atoms with E-state index in [9.17, 15) is 28.1 Å². The van der Waals surface area contributed by atoms with Crippen LogP contribution in [0.3, 0.4) is 0 Å². The fourth-order valence-corrected chi connectivity index (χ4v) is 3.23. The maximum atomic E-state index is 12.8. The number of benzene rings is 2. The zero-order valence-electron chi connectivity index (χ0n) is 15.4. The molecule has 0 unspecified atom stereocenters. The van der Waals surface area contributed by atoms with E-state index in [-0.39, 0.29) is 22.2 Å². The van der Waals surface area contributed by atoms with Crippen molar-refractivity contribution >= 4 is 40.6 Å². The molecule has 0 saturated carbocycles. The summed E-state index contributed by atoms with van der Waals surface area (Å²) in [7, 11) is 0. The van der Waals surface area contributed by atoms with Crippen LogP contribution in [0.2, 0.25) is 5.02 Å². The standard InChI is InChI=1S/C19H12ClF3N4O3S/c20-14-5-4-12(19(21,22)23)9-16(14)24-17(28)10-31-18-7-6-15(25-26-18)11-2-1-3-13(8-11)27(29)30/h1-9H,10H2,(H,24,28). The lowest BCUT2D eigenvalue weighted by Gasteiger charge is -2.11. The predicted molar refractivity (Wildman–Crippen MR) is 110 cm³/mol. The van der Waals surface area contributed by atoms with Crippen LogP contribution in [0.15, 0.2) is 59.6 Å². The minimum absolute atomic E-state index is 0.0209. The van der Waals surface area contributed by atoms with Crippen LogP contribution < -0.4 is 5.32 Å². The van der Waals surface area contributed by atoms with Crippen LogP contribution in [0.4, 0.5) is 24.5 Å². The molecular formula is C19H12ClF3N4O3S. The van der Waals surface area contributed by atoms with E-state index in [1.54, 1.807) is 18.2 Å². The largest absolute Gasteiger partial charge is 0.416 e. The molecule has 0 fully saturated rings. The minimum Gasteiger partial charge on any atom is -0.324 e. The summed E-state index contributed by atoms with van der Waals surface area (Å²) >= 11 is 6.88. The molecule has 7 nitrogen and oxygen atoms in total. The van der Waals surface area contributed by atoms with Crippen molar-refractivity contribution in [3.05, 3.63) is 75.3 Å². The van der Waals surface area contributed by atoms with Crippen LogP contribution in [-0.2, 0) is 11.0 Å². The summed E-state index contributed by atoms with van der Waals surface area (Å²) in [5, 5.41) is 21.5. The van der Waals surface area contributed by atoms with Gasteiger partial charge < -0.3 is 5.32 Å². The van der Waals surface area contributed by atoms with E-state index in [2.05, 4.69) is 15.5 Å². The number of nitrogens with one attached hydrogen (secondary N) is 1. The van der Waals surface area contributed by atoms with Gasteiger partial charge >= 0.3 is 6.18 Å². The zero-order chi connectivity index (χ0) is 22.6. The highest BCUT2D eigenvalue weighted by Gasteiger charge is 2.31. The van der Waals surface area contributed by atoms with Gasteiger partial charge in [0.15, 0.2) is 0 Å². The molecule has 3 rings (SSSR count). The third kappa shape index (κ3) is 5.92. The fraction of sp³-hybridized carbons (Fsp3) is 0.105. The second kappa shape index (κ2) is 9.31. The van der Waals surface area contributed by atoms with Crippen molar-refractivity contribution in [3.8, 4) is 11.3 Å². The number of halogens is 4. The third-order valence-corrected chi connectivity index (χ3v) is 5.16. The van der Waals surface area contributed by atoms with Crippen molar-refractivity contribution < 1.29 is 22.9 Å². The number of aromatic nitrogens is 2. The Morgan fingerprint density at radius 2 is 1.90 bits per heavy atom. The number of non-ortho nitro benzene ring substituents is 1. The molecule has 0 radical (unpaired) electrons. The molecule has 1 N–H and O–H groups in total. The Balaban J connectivity index is 1.62. The molecule has 0 saturated heterocycles. The number of amides is 1. The quantitative estimate of drug-likeness (QED) is 0.293. The summed E-state index contributed by atoms with van der Waals surface area (Å²) in [6, 6.07) is 11.7. The van der Waals surface area contributed by atoms with Gasteiger partial charge in [-0.2, -0.15) is 13.2 Å². The van der Waals surface area contributed by atoms with Gasteiger partial charge in [0.1, 0.15) is 5.03 Å². The number of rotatable bonds is 6. The molecule has 0 aliphatic heterocycles. The van der Waals surface area contributed by atoms with Gasteiger partial charge in [-0.1, -0.05) is 35.5 Å². The fourth-order valence-electron chi connectivity index (χ4n) is 2.45. The highest BCUT2D eigenvalue weighted by molar-refractivity contribution is 7.99. The van der Waals surface area contributed by atoms with Crippen LogP contribution in [0.5, 0.6) is 0 Å². The van der Waals surface area contributed by atoms with Crippen LogP contribution in [0.1, 0.15) is 5.56 Å². The van der Waals surface area contributed by atoms with Crippen molar-refractivity contribution in [2.75, 3.05) is 11.1 Å². The van der Waals surface area contributed by atoms with Gasteiger partial charge in [-0.15, -0.1) is 10.2 Å². The minimum atomic E-state index is -4.56. The number of carbonyl (C=O) groups excluding carboxylic acids is 1. The van der Waals surface area contributed by atoms with Crippen LogP contribution in [0.25, 0.3) is 11.3 Å². The lowest BCUT2D eigenvalue weighted by atomic mass is 10.1. The molecule has 0 spiro atoms. The summed E-state index contributed by atoms with van der Waals surface area (Å²) < 4.78 is 38.4. The Kier molecular flexibility index (Phi) is 6.76. The van der Waals surface area contributed by atoms with Crippen molar-refractivity contribution in [1.29, 1.82) is 0 Å². The maximum absolute atomic E-state index is 12.8. The van der Waals surface area contributed by atoms with E-state index in [0.29, 0.717) is 16.3 Å². The summed E-state index contributed by atoms with van der Waals surface area (Å²) in [6.45, 7) is 0. The average Bonchev–Trinajstić information content (AvgIpc) is 2.73. The van der Waals surface area contributed by atoms with E-state index < -0.39 is 22.6 Å². The molecule has 12 heteroatoms. The molecule has 0 atom stereocenters. The van der Waals surface area contributed by atoms with E-state index in [4.69, 9.17) is 11.6 Å². The summed E-state index contributed by atoms with van der Waals surface area (Å²) in [5.41, 5.74) is -0.234. The average molecular weight is 469 g/mol. The smallest absolute Gasteiger partial charge is 0.324 e. The summed E-state index contributed by atoms with van der Waals surface area (Å²) in [4.78, 5) is 22.5. The van der Waals surface area contributed by atoms with Gasteiger partial charge in [0.05, 0.1) is 32.6 Å². The number of nitro groups is 1. The Labute approximate surface area is 182 Å². The van der Waals surface area contributed by atoms with Gasteiger partial charge in [-0.25, -0.2) is 0 Å².